The quantitative estimate of drug-likeness (QED) is 0.0892. The molecule has 0 aliphatic carbocycles. The van der Waals surface area contributed by atoms with Gasteiger partial charge < -0.3 is 20.7 Å². The Kier molecular flexibility index (Phi) is 10.6. The molecule has 6 N–H and O–H groups in total. The normalized spacial score (nSPS) is 12.9. The minimum atomic E-state index is -4.53. The number of H-pyrrole nitrogens is 2. The van der Waals surface area contributed by atoms with E-state index in [1.54, 1.807) is 13.0 Å². The smallest absolute Gasteiger partial charge is 0.351 e. The van der Waals surface area contributed by atoms with Crippen molar-refractivity contribution in [1.29, 1.82) is 0 Å². The first-order chi connectivity index (χ1) is 25.9. The minimum Gasteiger partial charge on any atom is -0.494 e. The molecule has 0 spiro atoms. The van der Waals surface area contributed by atoms with Gasteiger partial charge in [-0.3, -0.25) is 28.8 Å². The summed E-state index contributed by atoms with van der Waals surface area (Å²) in [6, 6.07) is 28.8. The van der Waals surface area contributed by atoms with Crippen LogP contribution in [0.1, 0.15) is 49.1 Å². The molecule has 0 bridgehead atoms. The van der Waals surface area contributed by atoms with Gasteiger partial charge in [-0.15, -0.1) is 0 Å². The van der Waals surface area contributed by atoms with Crippen LogP contribution in [0.15, 0.2) is 118 Å². The van der Waals surface area contributed by atoms with Gasteiger partial charge in [-0.25, -0.2) is 9.79 Å². The van der Waals surface area contributed by atoms with E-state index in [9.17, 15) is 37.3 Å². The number of fused-ring (bicyclic) bond motifs is 2. The molecule has 55 heavy (non-hydrogen) atoms. The van der Waals surface area contributed by atoms with Crippen molar-refractivity contribution in [3.63, 3.8) is 0 Å². The Balaban J connectivity index is 0.000000195. The molecule has 0 unspecified atom stereocenters. The van der Waals surface area contributed by atoms with Gasteiger partial charge in [0.15, 0.2) is 5.88 Å². The number of hydrogen-bond acceptors (Lipinski definition) is 11. The van der Waals surface area contributed by atoms with Gasteiger partial charge in [-0.1, -0.05) is 72.8 Å². The molecular weight excluding hydrogens is 767 g/mol. The van der Waals surface area contributed by atoms with Gasteiger partial charge in [0.25, 0.3) is 27.8 Å². The number of anilines is 4. The van der Waals surface area contributed by atoms with Crippen LogP contribution < -0.4 is 16.3 Å². The second-order valence-corrected chi connectivity index (χ2v) is 13.1. The number of carbonyl (C=O) groups excluding carboxylic acids is 3. The van der Waals surface area contributed by atoms with Gasteiger partial charge in [-0.2, -0.15) is 18.4 Å². The van der Waals surface area contributed by atoms with Crippen molar-refractivity contribution in [2.24, 2.45) is 4.99 Å². The monoisotopic (exact) mass is 795 g/mol. The topological polar surface area (TPSA) is 240 Å². The van der Waals surface area contributed by atoms with Crippen molar-refractivity contribution in [3.05, 3.63) is 141 Å². The summed E-state index contributed by atoms with van der Waals surface area (Å²) in [6.07, 6.45) is 0. The molecule has 2 aliphatic heterocycles. The fourth-order valence-electron chi connectivity index (χ4n) is 5.98. The Hall–Kier alpha value is -6.66. The van der Waals surface area contributed by atoms with Gasteiger partial charge in [0, 0.05) is 36.4 Å². The average molecular weight is 796 g/mol. The molecule has 0 fully saturated rings. The summed E-state index contributed by atoms with van der Waals surface area (Å²) in [5, 5.41) is 15.7. The Morgan fingerprint density at radius 2 is 1.38 bits per heavy atom. The maximum atomic E-state index is 12.4. The third-order valence-electron chi connectivity index (χ3n) is 8.37. The van der Waals surface area contributed by atoms with E-state index in [0.717, 1.165) is 16.0 Å². The van der Waals surface area contributed by atoms with Crippen LogP contribution in [-0.2, 0) is 28.7 Å². The van der Waals surface area contributed by atoms with E-state index in [1.807, 2.05) is 60.7 Å². The van der Waals surface area contributed by atoms with Crippen LogP contribution >= 0.6 is 0 Å². The molecule has 3 amide bonds. The van der Waals surface area contributed by atoms with Crippen molar-refractivity contribution in [1.82, 2.24) is 24.8 Å². The molecule has 2 aliphatic rings. The number of amides is 3. The zero-order valence-electron chi connectivity index (χ0n) is 28.5. The van der Waals surface area contributed by atoms with E-state index in [0.29, 0.717) is 28.2 Å². The van der Waals surface area contributed by atoms with Crippen LogP contribution in [0.3, 0.4) is 0 Å². The summed E-state index contributed by atoms with van der Waals surface area (Å²) in [5.74, 6) is -1.45. The summed E-state index contributed by atoms with van der Waals surface area (Å²) >= 11 is 0. The van der Waals surface area contributed by atoms with Crippen LogP contribution in [0, 0.1) is 0 Å². The number of aromatic amines is 2. The van der Waals surface area contributed by atoms with Crippen LogP contribution in [0.25, 0.3) is 11.3 Å². The molecular formula is C37H28N8O8SV. The number of carbonyl (C=O) groups is 3. The summed E-state index contributed by atoms with van der Waals surface area (Å²) in [5.41, 5.74) is 3.73. The molecule has 16 nitrogen and oxygen atoms in total. The average Bonchev–Trinajstić information content (AvgIpc) is 3.77. The van der Waals surface area contributed by atoms with E-state index < -0.39 is 26.6 Å². The minimum absolute atomic E-state index is 0. The molecule has 18 heteroatoms. The standard InChI is InChI=1S/C19H16N6O6S.C18H12N2O2.V/c1-2-25-15(26)11-8-7-10(9-12(11)16(25)27)20-17-22-18(24-19(28)23-17)21-13-5-3-4-6-14(13)32(29,30)31;21-17-13-14(16(20-17)12-9-5-2-6-10-12)18(22)19-15(13)11-7-3-1-4-8-11;/h3-9H,2H2,1H3,(H,29,30,31)(H3,20,21,22,23,24,28);1-10,19,22H;. The Morgan fingerprint density at radius 3 is 2.05 bits per heavy atom. The molecule has 1 radical (unpaired) electrons. The first-order valence-electron chi connectivity index (χ1n) is 16.2. The first-order valence-corrected chi connectivity index (χ1v) is 17.6. The van der Waals surface area contributed by atoms with Crippen molar-refractivity contribution >= 4 is 56.8 Å². The first kappa shape index (κ1) is 38.1. The van der Waals surface area contributed by atoms with Gasteiger partial charge in [0.2, 0.25) is 11.9 Å². The predicted molar refractivity (Wildman–Crippen MR) is 197 cm³/mol. The second kappa shape index (κ2) is 15.4. The number of aromatic hydroxyl groups is 1. The van der Waals surface area contributed by atoms with E-state index in [-0.39, 0.29) is 71.5 Å². The van der Waals surface area contributed by atoms with E-state index in [4.69, 9.17) is 0 Å². The molecule has 2 aromatic heterocycles. The van der Waals surface area contributed by atoms with E-state index in [1.165, 1.54) is 36.4 Å². The van der Waals surface area contributed by atoms with Gasteiger partial charge >= 0.3 is 5.69 Å². The van der Waals surface area contributed by atoms with Crippen LogP contribution in [-0.4, -0.2) is 72.9 Å². The van der Waals surface area contributed by atoms with Crippen molar-refractivity contribution < 1.29 is 51.0 Å². The van der Waals surface area contributed by atoms with Crippen LogP contribution in [0.2, 0.25) is 0 Å². The number of para-hydroxylation sites is 1. The molecule has 0 saturated carbocycles. The number of rotatable bonds is 8. The maximum absolute atomic E-state index is 12.4. The summed E-state index contributed by atoms with van der Waals surface area (Å²) in [4.78, 5) is 66.8. The Bertz CT molecular complexity index is 2680. The Morgan fingerprint density at radius 1 is 0.745 bits per heavy atom. The number of benzene rings is 4. The molecule has 275 valence electrons. The fourth-order valence-corrected chi connectivity index (χ4v) is 6.63. The number of imide groups is 1. The van der Waals surface area contributed by atoms with Gasteiger partial charge in [0.1, 0.15) is 4.90 Å². The Labute approximate surface area is 324 Å². The summed E-state index contributed by atoms with van der Waals surface area (Å²) in [7, 11) is -4.53. The molecule has 8 rings (SSSR count). The van der Waals surface area contributed by atoms with Crippen LogP contribution in [0.5, 0.6) is 5.88 Å². The molecule has 6 aromatic rings. The molecule has 0 atom stereocenters. The zero-order valence-corrected chi connectivity index (χ0v) is 30.7. The van der Waals surface area contributed by atoms with Crippen molar-refractivity contribution in [3.8, 4) is 17.1 Å². The number of aromatic nitrogens is 4. The predicted octanol–water partition coefficient (Wildman–Crippen LogP) is 4.89. The molecule has 4 aromatic carbocycles. The second-order valence-electron chi connectivity index (χ2n) is 11.8. The third-order valence-corrected chi connectivity index (χ3v) is 9.28. The summed E-state index contributed by atoms with van der Waals surface area (Å²) < 4.78 is 32.5. The maximum Gasteiger partial charge on any atom is 0.351 e. The number of hydrogen-bond donors (Lipinski definition) is 6. The van der Waals surface area contributed by atoms with E-state index >= 15 is 0 Å². The van der Waals surface area contributed by atoms with Gasteiger partial charge in [-0.05, 0) is 42.8 Å². The SMILES string of the molecule is CCN1C(=O)c2ccc(Nc3nc(Nc4ccccc4S(=O)(=O)O)nc(=O)[nH]3)cc2C1=O.O=C1N=C(c2ccccc2)c2c(O)[nH]c(-c3ccccc3)c21.[V]. The van der Waals surface area contributed by atoms with Crippen LogP contribution in [0.4, 0.5) is 23.3 Å². The number of aliphatic imine (C=N–C) groups is 1. The van der Waals surface area contributed by atoms with E-state index in [2.05, 4.69) is 35.6 Å². The number of nitrogens with one attached hydrogen (secondary N) is 4. The fraction of sp³-hybridized carbons (Fsp3) is 0.0541. The van der Waals surface area contributed by atoms with Crippen molar-refractivity contribution in [2.75, 3.05) is 17.2 Å². The van der Waals surface area contributed by atoms with Gasteiger partial charge in [0.05, 0.1) is 39.3 Å². The third kappa shape index (κ3) is 7.58. The number of nitrogens with zero attached hydrogens (tertiary/aromatic N) is 4. The molecule has 0 saturated heterocycles. The molecule has 4 heterocycles. The largest absolute Gasteiger partial charge is 0.494 e. The van der Waals surface area contributed by atoms with Crippen molar-refractivity contribution in [2.45, 2.75) is 11.8 Å². The zero-order chi connectivity index (χ0) is 38.1. The summed E-state index contributed by atoms with van der Waals surface area (Å²) in [6.45, 7) is 1.94.